The van der Waals surface area contributed by atoms with Gasteiger partial charge in [0.25, 0.3) is 0 Å². The molecule has 0 N–H and O–H groups in total. The molecule has 5 nitrogen and oxygen atoms in total. The highest BCUT2D eigenvalue weighted by Crippen LogP contribution is 2.21. The molecule has 0 unspecified atom stereocenters. The Morgan fingerprint density at radius 2 is 2.05 bits per heavy atom. The van der Waals surface area contributed by atoms with Crippen molar-refractivity contribution in [3.8, 4) is 11.5 Å². The number of carbonyl (C=O) groups excluding carboxylic acids is 1. The van der Waals surface area contributed by atoms with Crippen LogP contribution in [0.5, 0.6) is 0 Å². The van der Waals surface area contributed by atoms with Crippen molar-refractivity contribution in [1.29, 1.82) is 0 Å². The molecule has 0 aliphatic rings. The Labute approximate surface area is 123 Å². The summed E-state index contributed by atoms with van der Waals surface area (Å²) in [5, 5.41) is 3.71. The summed E-state index contributed by atoms with van der Waals surface area (Å²) in [6, 6.07) is 7.52. The summed E-state index contributed by atoms with van der Waals surface area (Å²) in [7, 11) is 0. The molecule has 0 amide bonds. The predicted molar refractivity (Wildman–Crippen MR) is 69.7 cm³/mol. The summed E-state index contributed by atoms with van der Waals surface area (Å²) in [6.45, 7) is -0.208. The molecule has 2 heterocycles. The van der Waals surface area contributed by atoms with Crippen molar-refractivity contribution in [2.24, 2.45) is 0 Å². The van der Waals surface area contributed by atoms with Crippen LogP contribution in [-0.2, 0) is 11.3 Å². The van der Waals surface area contributed by atoms with Crippen LogP contribution < -0.4 is 0 Å². The lowest BCUT2D eigenvalue weighted by molar-refractivity contribution is 0.0459. The fourth-order valence-corrected chi connectivity index (χ4v) is 1.79. The van der Waals surface area contributed by atoms with Crippen LogP contribution in [0.2, 0.25) is 0 Å². The molecule has 0 aliphatic carbocycles. The van der Waals surface area contributed by atoms with E-state index in [1.54, 1.807) is 12.1 Å². The van der Waals surface area contributed by atoms with Gasteiger partial charge in [-0.15, -0.1) is 0 Å². The maximum atomic E-state index is 13.4. The van der Waals surface area contributed by atoms with Crippen LogP contribution in [0, 0.1) is 11.6 Å². The Balaban J connectivity index is 1.66. The van der Waals surface area contributed by atoms with Crippen molar-refractivity contribution in [3.05, 3.63) is 65.6 Å². The maximum absolute atomic E-state index is 13.4. The number of aromatic nitrogens is 1. The average Bonchev–Trinajstić information content (AvgIpc) is 3.16. The summed E-state index contributed by atoms with van der Waals surface area (Å²) in [5.74, 6) is -1.81. The zero-order valence-corrected chi connectivity index (χ0v) is 11.1. The third kappa shape index (κ3) is 2.88. The molecule has 0 saturated heterocycles. The molecular weight excluding hydrogens is 296 g/mol. The van der Waals surface area contributed by atoms with Gasteiger partial charge >= 0.3 is 5.97 Å². The number of furan rings is 1. The van der Waals surface area contributed by atoms with E-state index in [1.165, 1.54) is 12.3 Å². The molecule has 0 saturated carbocycles. The minimum atomic E-state index is -0.985. The van der Waals surface area contributed by atoms with Crippen molar-refractivity contribution in [3.63, 3.8) is 0 Å². The van der Waals surface area contributed by atoms with Crippen molar-refractivity contribution in [1.82, 2.24) is 5.16 Å². The lowest BCUT2D eigenvalue weighted by Crippen LogP contribution is -2.08. The first-order chi connectivity index (χ1) is 10.6. The van der Waals surface area contributed by atoms with E-state index in [1.807, 2.05) is 0 Å². The number of benzene rings is 1. The SMILES string of the molecule is O=C(OCc1cc(-c2ccco2)on1)c1ccc(F)cc1F. The quantitative estimate of drug-likeness (QED) is 0.689. The van der Waals surface area contributed by atoms with E-state index >= 15 is 0 Å². The summed E-state index contributed by atoms with van der Waals surface area (Å²) in [5.41, 5.74) is -0.0153. The van der Waals surface area contributed by atoms with Crippen LogP contribution in [0.25, 0.3) is 11.5 Å². The summed E-state index contributed by atoms with van der Waals surface area (Å²) in [6.07, 6.45) is 1.48. The maximum Gasteiger partial charge on any atom is 0.341 e. The molecule has 112 valence electrons. The lowest BCUT2D eigenvalue weighted by atomic mass is 10.2. The second-order valence-electron chi connectivity index (χ2n) is 4.36. The van der Waals surface area contributed by atoms with Crippen molar-refractivity contribution in [2.45, 2.75) is 6.61 Å². The van der Waals surface area contributed by atoms with Crippen LogP contribution in [0.15, 0.2) is 51.6 Å². The Morgan fingerprint density at radius 1 is 1.18 bits per heavy atom. The molecule has 3 aromatic rings. The third-order valence-electron chi connectivity index (χ3n) is 2.83. The molecule has 3 rings (SSSR count). The molecule has 0 bridgehead atoms. The summed E-state index contributed by atoms with van der Waals surface area (Å²) >= 11 is 0. The monoisotopic (exact) mass is 305 g/mol. The molecule has 0 fully saturated rings. The van der Waals surface area contributed by atoms with Crippen LogP contribution in [-0.4, -0.2) is 11.1 Å². The summed E-state index contributed by atoms with van der Waals surface area (Å²) in [4.78, 5) is 11.7. The Kier molecular flexibility index (Phi) is 3.69. The highest BCUT2D eigenvalue weighted by molar-refractivity contribution is 5.89. The largest absolute Gasteiger partial charge is 0.461 e. The van der Waals surface area contributed by atoms with Crippen molar-refractivity contribution >= 4 is 5.97 Å². The average molecular weight is 305 g/mol. The van der Waals surface area contributed by atoms with Crippen molar-refractivity contribution in [2.75, 3.05) is 0 Å². The van der Waals surface area contributed by atoms with E-state index in [4.69, 9.17) is 13.7 Å². The number of hydrogen-bond acceptors (Lipinski definition) is 5. The fourth-order valence-electron chi connectivity index (χ4n) is 1.79. The van der Waals surface area contributed by atoms with E-state index in [0.29, 0.717) is 23.3 Å². The van der Waals surface area contributed by atoms with Gasteiger partial charge in [-0.1, -0.05) is 5.16 Å². The predicted octanol–water partition coefficient (Wildman–Crippen LogP) is 3.57. The van der Waals surface area contributed by atoms with Gasteiger partial charge in [-0.05, 0) is 24.3 Å². The first-order valence-corrected chi connectivity index (χ1v) is 6.25. The molecule has 0 aliphatic heterocycles. The van der Waals surface area contributed by atoms with E-state index in [0.717, 1.165) is 12.1 Å². The highest BCUT2D eigenvalue weighted by Gasteiger charge is 2.16. The van der Waals surface area contributed by atoms with Crippen LogP contribution in [0.3, 0.4) is 0 Å². The number of hydrogen-bond donors (Lipinski definition) is 0. The Hall–Kier alpha value is -2.96. The third-order valence-corrected chi connectivity index (χ3v) is 2.83. The topological polar surface area (TPSA) is 65.5 Å². The molecule has 0 radical (unpaired) electrons. The van der Waals surface area contributed by atoms with Gasteiger partial charge in [0.2, 0.25) is 5.76 Å². The van der Waals surface area contributed by atoms with Crippen LogP contribution >= 0.6 is 0 Å². The fraction of sp³-hybridized carbons (Fsp3) is 0.0667. The zero-order chi connectivity index (χ0) is 15.5. The second kappa shape index (κ2) is 5.80. The van der Waals surface area contributed by atoms with Gasteiger partial charge in [-0.2, -0.15) is 0 Å². The van der Waals surface area contributed by atoms with Gasteiger partial charge in [-0.3, -0.25) is 0 Å². The number of halogens is 2. The number of ether oxygens (including phenoxy) is 1. The van der Waals surface area contributed by atoms with Gasteiger partial charge in [-0.25, -0.2) is 13.6 Å². The second-order valence-corrected chi connectivity index (χ2v) is 4.36. The van der Waals surface area contributed by atoms with E-state index < -0.39 is 17.6 Å². The molecule has 0 atom stereocenters. The Morgan fingerprint density at radius 3 is 2.77 bits per heavy atom. The van der Waals surface area contributed by atoms with Gasteiger partial charge in [0, 0.05) is 12.1 Å². The smallest absolute Gasteiger partial charge is 0.341 e. The van der Waals surface area contributed by atoms with Gasteiger partial charge in [0.1, 0.15) is 23.9 Å². The standard InChI is InChI=1S/C15H9F2NO4/c16-9-3-4-11(12(17)6-9)15(19)21-8-10-7-14(22-18-10)13-2-1-5-20-13/h1-7H,8H2. The molecule has 22 heavy (non-hydrogen) atoms. The number of esters is 1. The highest BCUT2D eigenvalue weighted by atomic mass is 19.1. The molecule has 1 aromatic carbocycles. The first-order valence-electron chi connectivity index (χ1n) is 6.25. The van der Waals surface area contributed by atoms with Crippen LogP contribution in [0.1, 0.15) is 16.1 Å². The molecular formula is C15H9F2NO4. The van der Waals surface area contributed by atoms with E-state index in [9.17, 15) is 13.6 Å². The lowest BCUT2D eigenvalue weighted by Gasteiger charge is -2.03. The van der Waals surface area contributed by atoms with E-state index in [-0.39, 0.29) is 12.2 Å². The Bertz CT molecular complexity index is 796. The normalized spacial score (nSPS) is 10.6. The number of nitrogens with zero attached hydrogens (tertiary/aromatic N) is 1. The van der Waals surface area contributed by atoms with E-state index in [2.05, 4.69) is 5.16 Å². The van der Waals surface area contributed by atoms with Crippen LogP contribution in [0.4, 0.5) is 8.78 Å². The van der Waals surface area contributed by atoms with Crippen molar-refractivity contribution < 1.29 is 27.3 Å². The first kappa shape index (κ1) is 14.0. The minimum Gasteiger partial charge on any atom is -0.461 e. The van der Waals surface area contributed by atoms with Gasteiger partial charge < -0.3 is 13.7 Å². The van der Waals surface area contributed by atoms with Gasteiger partial charge in [0.05, 0.1) is 11.8 Å². The summed E-state index contributed by atoms with van der Waals surface area (Å²) < 4.78 is 41.3. The minimum absolute atomic E-state index is 0.208. The molecule has 7 heteroatoms. The number of carbonyl (C=O) groups is 1. The molecule has 2 aromatic heterocycles. The zero-order valence-electron chi connectivity index (χ0n) is 11.1. The number of rotatable bonds is 4. The molecule has 0 spiro atoms. The van der Waals surface area contributed by atoms with Gasteiger partial charge in [0.15, 0.2) is 5.76 Å².